The number of carboxylic acid groups (broad SMARTS) is 1. The van der Waals surface area contributed by atoms with Crippen molar-refractivity contribution in [1.82, 2.24) is 14.5 Å². The van der Waals surface area contributed by atoms with Crippen LogP contribution in [0.3, 0.4) is 0 Å². The molecule has 1 saturated carbocycles. The third-order valence-electron chi connectivity index (χ3n) is 3.62. The average Bonchev–Trinajstić information content (AvgIpc) is 2.58. The number of methoxy groups -OCH3 is 1. The molecule has 0 amide bonds. The SMILES string of the molecule is COC1CC(NS(=O)(=O)c2c(C)nn(CC(=O)O)c2C)C1. The van der Waals surface area contributed by atoms with Crippen molar-refractivity contribution in [2.45, 2.75) is 50.3 Å². The molecule has 0 atom stereocenters. The standard InChI is InChI=1S/C12H19N3O5S/c1-7-12(8(2)15(13-7)6-11(16)17)21(18,19)14-9-4-10(5-9)20-3/h9-10,14H,4-6H2,1-3H3,(H,16,17). The van der Waals surface area contributed by atoms with Crippen molar-refractivity contribution in [3.8, 4) is 0 Å². The Morgan fingerprint density at radius 2 is 2.10 bits per heavy atom. The van der Waals surface area contributed by atoms with Gasteiger partial charge in [0.15, 0.2) is 0 Å². The predicted octanol–water partition coefficient (Wildman–Crippen LogP) is 0.0402. The fourth-order valence-corrected chi connectivity index (χ4v) is 4.16. The molecule has 1 aromatic rings. The van der Waals surface area contributed by atoms with Crippen LogP contribution in [0.5, 0.6) is 0 Å². The molecule has 0 bridgehead atoms. The number of rotatable bonds is 6. The van der Waals surface area contributed by atoms with Gasteiger partial charge >= 0.3 is 5.97 Å². The summed E-state index contributed by atoms with van der Waals surface area (Å²) in [6, 6.07) is -0.151. The number of nitrogens with one attached hydrogen (secondary N) is 1. The minimum Gasteiger partial charge on any atom is -0.480 e. The Balaban J connectivity index is 2.20. The van der Waals surface area contributed by atoms with E-state index in [9.17, 15) is 13.2 Å². The molecule has 2 N–H and O–H groups in total. The number of aliphatic carboxylic acids is 1. The fourth-order valence-electron chi connectivity index (χ4n) is 2.48. The molecule has 21 heavy (non-hydrogen) atoms. The molecule has 2 rings (SSSR count). The van der Waals surface area contributed by atoms with Crippen LogP contribution in [0.15, 0.2) is 4.90 Å². The van der Waals surface area contributed by atoms with E-state index in [4.69, 9.17) is 9.84 Å². The van der Waals surface area contributed by atoms with E-state index in [-0.39, 0.29) is 23.6 Å². The number of ether oxygens (including phenoxy) is 1. The maximum absolute atomic E-state index is 12.4. The second-order valence-electron chi connectivity index (χ2n) is 5.20. The van der Waals surface area contributed by atoms with Crippen LogP contribution in [-0.4, -0.2) is 48.5 Å². The summed E-state index contributed by atoms with van der Waals surface area (Å²) in [4.78, 5) is 10.8. The highest BCUT2D eigenvalue weighted by Crippen LogP contribution is 2.26. The molecule has 1 aliphatic carbocycles. The Morgan fingerprint density at radius 1 is 1.48 bits per heavy atom. The van der Waals surface area contributed by atoms with Crippen LogP contribution in [0.25, 0.3) is 0 Å². The number of carbonyl (C=O) groups is 1. The first-order valence-corrected chi connectivity index (χ1v) is 8.04. The summed E-state index contributed by atoms with van der Waals surface area (Å²) >= 11 is 0. The van der Waals surface area contributed by atoms with E-state index in [0.717, 1.165) is 0 Å². The Morgan fingerprint density at radius 3 is 2.62 bits per heavy atom. The molecule has 1 heterocycles. The van der Waals surface area contributed by atoms with E-state index in [1.807, 2.05) is 0 Å². The van der Waals surface area contributed by atoms with Gasteiger partial charge in [0.2, 0.25) is 10.0 Å². The molecule has 0 unspecified atom stereocenters. The van der Waals surface area contributed by atoms with E-state index >= 15 is 0 Å². The molecule has 0 aromatic carbocycles. The van der Waals surface area contributed by atoms with Crippen molar-refractivity contribution in [1.29, 1.82) is 0 Å². The molecular formula is C12H19N3O5S. The summed E-state index contributed by atoms with van der Waals surface area (Å²) in [7, 11) is -2.11. The molecule has 0 spiro atoms. The highest BCUT2D eigenvalue weighted by Gasteiger charge is 2.34. The first kappa shape index (κ1) is 15.9. The van der Waals surface area contributed by atoms with Crippen LogP contribution in [-0.2, 0) is 26.1 Å². The summed E-state index contributed by atoms with van der Waals surface area (Å²) in [6.45, 7) is 2.74. The van der Waals surface area contributed by atoms with Crippen molar-refractivity contribution < 1.29 is 23.1 Å². The summed E-state index contributed by atoms with van der Waals surface area (Å²) in [6.07, 6.45) is 1.36. The average molecular weight is 317 g/mol. The molecule has 0 saturated heterocycles. The van der Waals surface area contributed by atoms with E-state index in [0.29, 0.717) is 24.2 Å². The maximum Gasteiger partial charge on any atom is 0.325 e. The minimum atomic E-state index is -3.71. The fraction of sp³-hybridized carbons (Fsp3) is 0.667. The lowest BCUT2D eigenvalue weighted by Crippen LogP contribution is -2.47. The van der Waals surface area contributed by atoms with E-state index in [1.54, 1.807) is 21.0 Å². The van der Waals surface area contributed by atoms with Gasteiger partial charge in [0.1, 0.15) is 11.4 Å². The lowest BCUT2D eigenvalue weighted by atomic mass is 9.90. The van der Waals surface area contributed by atoms with Crippen molar-refractivity contribution in [3.63, 3.8) is 0 Å². The first-order chi connectivity index (χ1) is 9.74. The quantitative estimate of drug-likeness (QED) is 0.766. The van der Waals surface area contributed by atoms with Crippen molar-refractivity contribution >= 4 is 16.0 Å². The van der Waals surface area contributed by atoms with Crippen LogP contribution in [0.1, 0.15) is 24.2 Å². The van der Waals surface area contributed by atoms with Crippen LogP contribution in [0.2, 0.25) is 0 Å². The van der Waals surface area contributed by atoms with Crippen molar-refractivity contribution in [2.75, 3.05) is 7.11 Å². The summed E-state index contributed by atoms with van der Waals surface area (Å²) in [5.41, 5.74) is 0.619. The number of aromatic nitrogens is 2. The van der Waals surface area contributed by atoms with E-state index in [1.165, 1.54) is 4.68 Å². The number of aryl methyl sites for hydroxylation is 1. The van der Waals surface area contributed by atoms with Gasteiger partial charge in [-0.3, -0.25) is 9.48 Å². The Hall–Kier alpha value is -1.45. The van der Waals surface area contributed by atoms with Gasteiger partial charge < -0.3 is 9.84 Å². The first-order valence-electron chi connectivity index (χ1n) is 6.55. The largest absolute Gasteiger partial charge is 0.480 e. The number of hydrogen-bond donors (Lipinski definition) is 2. The zero-order chi connectivity index (χ0) is 15.8. The topological polar surface area (TPSA) is 111 Å². The molecule has 0 aliphatic heterocycles. The predicted molar refractivity (Wildman–Crippen MR) is 73.5 cm³/mol. The van der Waals surface area contributed by atoms with Gasteiger partial charge in [-0.1, -0.05) is 0 Å². The molecular weight excluding hydrogens is 298 g/mol. The van der Waals surface area contributed by atoms with Gasteiger partial charge in [-0.25, -0.2) is 13.1 Å². The van der Waals surface area contributed by atoms with Crippen LogP contribution < -0.4 is 4.72 Å². The number of hydrogen-bond acceptors (Lipinski definition) is 5. The van der Waals surface area contributed by atoms with Crippen LogP contribution in [0.4, 0.5) is 0 Å². The lowest BCUT2D eigenvalue weighted by molar-refractivity contribution is -0.137. The maximum atomic E-state index is 12.4. The normalized spacial score (nSPS) is 22.0. The van der Waals surface area contributed by atoms with Gasteiger partial charge in [0, 0.05) is 13.2 Å². The zero-order valence-electron chi connectivity index (χ0n) is 12.2. The Kier molecular flexibility index (Phi) is 4.35. The van der Waals surface area contributed by atoms with Crippen molar-refractivity contribution in [2.24, 2.45) is 0 Å². The number of carboxylic acids is 1. The molecule has 8 nitrogen and oxygen atoms in total. The second-order valence-corrected chi connectivity index (χ2v) is 6.85. The highest BCUT2D eigenvalue weighted by molar-refractivity contribution is 7.89. The minimum absolute atomic E-state index is 0.0598. The van der Waals surface area contributed by atoms with Gasteiger partial charge in [-0.2, -0.15) is 5.10 Å². The third kappa shape index (κ3) is 3.25. The van der Waals surface area contributed by atoms with E-state index < -0.39 is 16.0 Å². The summed E-state index contributed by atoms with van der Waals surface area (Å²) in [5, 5.41) is 12.8. The molecule has 0 radical (unpaired) electrons. The van der Waals surface area contributed by atoms with Gasteiger partial charge in [0.25, 0.3) is 0 Å². The van der Waals surface area contributed by atoms with Crippen LogP contribution >= 0.6 is 0 Å². The molecule has 118 valence electrons. The van der Waals surface area contributed by atoms with E-state index in [2.05, 4.69) is 9.82 Å². The third-order valence-corrected chi connectivity index (χ3v) is 5.39. The monoisotopic (exact) mass is 317 g/mol. The summed E-state index contributed by atoms with van der Waals surface area (Å²) < 4.78 is 33.8. The number of nitrogens with zero attached hydrogens (tertiary/aromatic N) is 2. The van der Waals surface area contributed by atoms with Gasteiger partial charge in [-0.15, -0.1) is 0 Å². The van der Waals surface area contributed by atoms with Crippen molar-refractivity contribution in [3.05, 3.63) is 11.4 Å². The number of sulfonamides is 1. The second kappa shape index (κ2) is 5.74. The molecule has 1 aromatic heterocycles. The summed E-state index contributed by atoms with van der Waals surface area (Å²) in [5.74, 6) is -1.07. The van der Waals surface area contributed by atoms with Gasteiger partial charge in [0.05, 0.1) is 17.5 Å². The molecule has 1 aliphatic rings. The zero-order valence-corrected chi connectivity index (χ0v) is 13.0. The highest BCUT2D eigenvalue weighted by atomic mass is 32.2. The van der Waals surface area contributed by atoms with Gasteiger partial charge in [-0.05, 0) is 26.7 Å². The Labute approximate surface area is 123 Å². The molecule has 1 fully saturated rings. The Bertz CT molecular complexity index is 646. The van der Waals surface area contributed by atoms with Crippen LogP contribution in [0, 0.1) is 13.8 Å². The lowest BCUT2D eigenvalue weighted by Gasteiger charge is -2.34. The molecule has 9 heteroatoms. The smallest absolute Gasteiger partial charge is 0.325 e.